The van der Waals surface area contributed by atoms with Crippen molar-refractivity contribution in [1.29, 1.82) is 0 Å². The van der Waals surface area contributed by atoms with Gasteiger partial charge in [0.25, 0.3) is 5.24 Å². The molecule has 1 aliphatic heterocycles. The highest BCUT2D eigenvalue weighted by atomic mass is 32.2. The van der Waals surface area contributed by atoms with Gasteiger partial charge in [-0.3, -0.25) is 9.59 Å². The van der Waals surface area contributed by atoms with Gasteiger partial charge in [0.15, 0.2) is 0 Å². The first-order valence-corrected chi connectivity index (χ1v) is 8.99. The van der Waals surface area contributed by atoms with E-state index in [0.29, 0.717) is 6.42 Å². The third-order valence-corrected chi connectivity index (χ3v) is 5.31. The number of benzene rings is 2. The molecule has 4 nitrogen and oxygen atoms in total. The molecule has 2 aromatic carbocycles. The predicted octanol–water partition coefficient (Wildman–Crippen LogP) is 4.23. The Morgan fingerprint density at radius 3 is 2.60 bits per heavy atom. The third kappa shape index (κ3) is 3.20. The van der Waals surface area contributed by atoms with Crippen molar-refractivity contribution in [2.75, 3.05) is 0 Å². The van der Waals surface area contributed by atoms with Gasteiger partial charge in [0.05, 0.1) is 0 Å². The van der Waals surface area contributed by atoms with Crippen molar-refractivity contribution in [3.05, 3.63) is 71.0 Å². The van der Waals surface area contributed by atoms with E-state index in [0.717, 1.165) is 46.0 Å². The second-order valence-corrected chi connectivity index (χ2v) is 7.23. The molecule has 2 heterocycles. The molecule has 1 unspecified atom stereocenters. The average molecular weight is 351 g/mol. The summed E-state index contributed by atoms with van der Waals surface area (Å²) < 4.78 is 6.03. The van der Waals surface area contributed by atoms with Crippen molar-refractivity contribution in [1.82, 2.24) is 5.32 Å². The largest absolute Gasteiger partial charge is 0.460 e. The van der Waals surface area contributed by atoms with Gasteiger partial charge in [0.2, 0.25) is 5.12 Å². The summed E-state index contributed by atoms with van der Waals surface area (Å²) in [5, 5.41) is 3.39. The minimum absolute atomic E-state index is 0.112. The maximum absolute atomic E-state index is 11.8. The molecule has 1 saturated heterocycles. The summed E-state index contributed by atoms with van der Waals surface area (Å²) in [6.07, 6.45) is 1.26. The molecule has 3 aromatic rings. The summed E-state index contributed by atoms with van der Waals surface area (Å²) in [4.78, 5) is 23.1. The summed E-state index contributed by atoms with van der Waals surface area (Å²) in [7, 11) is 0. The number of nitrogens with one attached hydrogen (secondary N) is 1. The standard InChI is InChI=1S/C20H17NO3S/c1-12-15-9-14(10-16-19(22)25-20(23)21-16)7-8-17(15)24-18(12)11-13-5-3-2-4-6-13/h2-9,16H,10-11H2,1H3,(H,21,23). The molecule has 1 aromatic heterocycles. The lowest BCUT2D eigenvalue weighted by atomic mass is 10.0. The third-order valence-electron chi connectivity index (χ3n) is 4.52. The van der Waals surface area contributed by atoms with Crippen LogP contribution in [0, 0.1) is 6.92 Å². The van der Waals surface area contributed by atoms with Gasteiger partial charge in [0, 0.05) is 30.0 Å². The number of hydrogen-bond donors (Lipinski definition) is 1. The van der Waals surface area contributed by atoms with Crippen LogP contribution in [0.2, 0.25) is 0 Å². The van der Waals surface area contributed by atoms with Crippen molar-refractivity contribution >= 4 is 33.1 Å². The fourth-order valence-electron chi connectivity index (χ4n) is 3.16. The number of hydrogen-bond acceptors (Lipinski definition) is 4. The van der Waals surface area contributed by atoms with Gasteiger partial charge in [-0.25, -0.2) is 0 Å². The van der Waals surface area contributed by atoms with Crippen LogP contribution < -0.4 is 5.32 Å². The molecule has 0 saturated carbocycles. The number of thioether (sulfide) groups is 1. The number of furan rings is 1. The zero-order chi connectivity index (χ0) is 17.4. The van der Waals surface area contributed by atoms with E-state index >= 15 is 0 Å². The van der Waals surface area contributed by atoms with Gasteiger partial charge in [-0.2, -0.15) is 0 Å². The predicted molar refractivity (Wildman–Crippen MR) is 98.8 cm³/mol. The molecule has 5 heteroatoms. The second kappa shape index (κ2) is 6.41. The normalized spacial score (nSPS) is 17.2. The Kier molecular flexibility index (Phi) is 4.09. The quantitative estimate of drug-likeness (QED) is 0.764. The summed E-state index contributed by atoms with van der Waals surface area (Å²) in [5.41, 5.74) is 4.20. The molecule has 126 valence electrons. The number of carbonyl (C=O) groups excluding carboxylic acids is 2. The molecule has 1 atom stereocenters. The molecule has 0 bridgehead atoms. The Balaban J connectivity index is 1.61. The molecule has 25 heavy (non-hydrogen) atoms. The molecule has 0 radical (unpaired) electrons. The van der Waals surface area contributed by atoms with E-state index in [1.54, 1.807) is 0 Å². The zero-order valence-electron chi connectivity index (χ0n) is 13.7. The molecule has 1 amide bonds. The van der Waals surface area contributed by atoms with Gasteiger partial charge in [-0.15, -0.1) is 0 Å². The highest BCUT2D eigenvalue weighted by Gasteiger charge is 2.31. The van der Waals surface area contributed by atoms with Gasteiger partial charge in [-0.05, 0) is 35.7 Å². The van der Waals surface area contributed by atoms with E-state index in [9.17, 15) is 9.59 Å². The zero-order valence-corrected chi connectivity index (χ0v) is 14.6. The van der Waals surface area contributed by atoms with E-state index in [2.05, 4.69) is 30.4 Å². The minimum Gasteiger partial charge on any atom is -0.460 e. The van der Waals surface area contributed by atoms with E-state index in [4.69, 9.17) is 4.42 Å². The smallest absolute Gasteiger partial charge is 0.287 e. The lowest BCUT2D eigenvalue weighted by Crippen LogP contribution is -2.30. The van der Waals surface area contributed by atoms with Crippen molar-refractivity contribution in [3.63, 3.8) is 0 Å². The number of carbonyl (C=O) groups is 2. The van der Waals surface area contributed by atoms with E-state index in [-0.39, 0.29) is 10.4 Å². The summed E-state index contributed by atoms with van der Waals surface area (Å²) in [6, 6.07) is 15.8. The Morgan fingerprint density at radius 1 is 1.08 bits per heavy atom. The minimum atomic E-state index is -0.439. The van der Waals surface area contributed by atoms with E-state index in [1.807, 2.05) is 30.3 Å². The van der Waals surface area contributed by atoms with Crippen LogP contribution in [-0.2, 0) is 17.6 Å². The first-order chi connectivity index (χ1) is 12.1. The molecule has 0 aliphatic carbocycles. The SMILES string of the molecule is Cc1c(Cc2ccccc2)oc2ccc(CC3NC(=O)SC3=O)cc12. The molecular formula is C20H17NO3S. The van der Waals surface area contributed by atoms with Crippen LogP contribution in [0.25, 0.3) is 11.0 Å². The molecule has 1 N–H and O–H groups in total. The number of amides is 1. The molecule has 4 rings (SSSR count). The van der Waals surface area contributed by atoms with Crippen molar-refractivity contribution < 1.29 is 14.0 Å². The Hall–Kier alpha value is -2.53. The molecule has 1 fully saturated rings. The van der Waals surface area contributed by atoms with Crippen LogP contribution in [0.5, 0.6) is 0 Å². The fraction of sp³-hybridized carbons (Fsp3) is 0.200. The van der Waals surface area contributed by atoms with Gasteiger partial charge in [0.1, 0.15) is 17.4 Å². The van der Waals surface area contributed by atoms with Gasteiger partial charge >= 0.3 is 0 Å². The number of fused-ring (bicyclic) bond motifs is 1. The second-order valence-electron chi connectivity index (χ2n) is 6.25. The first kappa shape index (κ1) is 16.0. The monoisotopic (exact) mass is 351 g/mol. The molecule has 1 aliphatic rings. The number of rotatable bonds is 4. The molecular weight excluding hydrogens is 334 g/mol. The van der Waals surface area contributed by atoms with Crippen LogP contribution in [0.1, 0.15) is 22.5 Å². The summed E-state index contributed by atoms with van der Waals surface area (Å²) in [6.45, 7) is 2.06. The Bertz CT molecular complexity index is 962. The lowest BCUT2D eigenvalue weighted by molar-refractivity contribution is -0.112. The maximum atomic E-state index is 11.8. The summed E-state index contributed by atoms with van der Waals surface area (Å²) in [5.74, 6) is 0.958. The first-order valence-electron chi connectivity index (χ1n) is 8.17. The van der Waals surface area contributed by atoms with Gasteiger partial charge < -0.3 is 9.73 Å². The summed E-state index contributed by atoms with van der Waals surface area (Å²) >= 11 is 0.752. The van der Waals surface area contributed by atoms with Crippen LogP contribution >= 0.6 is 11.8 Å². The Morgan fingerprint density at radius 2 is 1.88 bits per heavy atom. The highest BCUT2D eigenvalue weighted by Crippen LogP contribution is 2.29. The topological polar surface area (TPSA) is 59.3 Å². The highest BCUT2D eigenvalue weighted by molar-refractivity contribution is 8.26. The van der Waals surface area contributed by atoms with Crippen molar-refractivity contribution in [3.8, 4) is 0 Å². The van der Waals surface area contributed by atoms with Crippen LogP contribution in [-0.4, -0.2) is 16.4 Å². The molecule has 0 spiro atoms. The fourth-order valence-corrected chi connectivity index (χ4v) is 3.83. The average Bonchev–Trinajstić information content (AvgIpc) is 3.08. The Labute approximate surface area is 149 Å². The lowest BCUT2D eigenvalue weighted by Gasteiger charge is -2.07. The van der Waals surface area contributed by atoms with Crippen molar-refractivity contribution in [2.45, 2.75) is 25.8 Å². The van der Waals surface area contributed by atoms with E-state index < -0.39 is 6.04 Å². The van der Waals surface area contributed by atoms with Crippen molar-refractivity contribution in [2.24, 2.45) is 0 Å². The number of aryl methyl sites for hydroxylation is 1. The van der Waals surface area contributed by atoms with Crippen LogP contribution in [0.15, 0.2) is 52.9 Å². The maximum Gasteiger partial charge on any atom is 0.287 e. The van der Waals surface area contributed by atoms with Crippen LogP contribution in [0.4, 0.5) is 4.79 Å². The van der Waals surface area contributed by atoms with Gasteiger partial charge in [-0.1, -0.05) is 36.4 Å². The van der Waals surface area contributed by atoms with E-state index in [1.165, 1.54) is 5.56 Å². The van der Waals surface area contributed by atoms with Crippen LogP contribution in [0.3, 0.4) is 0 Å².